The number of hydrogen-bond acceptors (Lipinski definition) is 4. The van der Waals surface area contributed by atoms with Crippen LogP contribution in [0, 0.1) is 5.82 Å². The van der Waals surface area contributed by atoms with Crippen molar-refractivity contribution >= 4 is 5.91 Å². The first kappa shape index (κ1) is 21.2. The fourth-order valence-corrected chi connectivity index (χ4v) is 4.01. The van der Waals surface area contributed by atoms with E-state index in [1.165, 1.54) is 16.3 Å². The quantitative estimate of drug-likeness (QED) is 0.596. The molecule has 1 aliphatic rings. The van der Waals surface area contributed by atoms with Gasteiger partial charge >= 0.3 is 0 Å². The van der Waals surface area contributed by atoms with Crippen molar-refractivity contribution in [3.05, 3.63) is 83.9 Å². The fraction of sp³-hybridized carbons (Fsp3) is 0.333. The Morgan fingerprint density at radius 2 is 1.87 bits per heavy atom. The summed E-state index contributed by atoms with van der Waals surface area (Å²) in [6, 6.07) is 18.9. The summed E-state index contributed by atoms with van der Waals surface area (Å²) in [5.41, 5.74) is 1.94. The molecule has 31 heavy (non-hydrogen) atoms. The third kappa shape index (κ3) is 5.18. The van der Waals surface area contributed by atoms with Crippen LogP contribution in [0.4, 0.5) is 4.39 Å². The lowest BCUT2D eigenvalue weighted by Crippen LogP contribution is -2.47. The molecule has 1 fully saturated rings. The Balaban J connectivity index is 1.29. The van der Waals surface area contributed by atoms with Crippen molar-refractivity contribution in [2.24, 2.45) is 0 Å². The van der Waals surface area contributed by atoms with Crippen LogP contribution in [-0.2, 0) is 0 Å². The molecule has 1 atom stereocenters. The minimum atomic E-state index is -0.377. The Morgan fingerprint density at radius 3 is 2.68 bits per heavy atom. The van der Waals surface area contributed by atoms with Crippen molar-refractivity contribution in [2.75, 3.05) is 39.8 Å². The predicted octanol–water partition coefficient (Wildman–Crippen LogP) is 3.12. The van der Waals surface area contributed by atoms with Gasteiger partial charge in [0.2, 0.25) is 0 Å². The first-order valence-corrected chi connectivity index (χ1v) is 10.7. The lowest BCUT2D eigenvalue weighted by molar-refractivity contribution is 0.0864. The zero-order valence-corrected chi connectivity index (χ0v) is 17.7. The molecule has 2 aromatic carbocycles. The second kappa shape index (κ2) is 9.85. The zero-order valence-electron chi connectivity index (χ0n) is 17.7. The maximum atomic E-state index is 13.9. The van der Waals surface area contributed by atoms with Gasteiger partial charge < -0.3 is 10.2 Å². The summed E-state index contributed by atoms with van der Waals surface area (Å²) in [6.45, 7) is 4.54. The van der Waals surface area contributed by atoms with Crippen molar-refractivity contribution < 1.29 is 9.18 Å². The van der Waals surface area contributed by atoms with Gasteiger partial charge in [0.1, 0.15) is 11.5 Å². The van der Waals surface area contributed by atoms with E-state index in [0.29, 0.717) is 18.3 Å². The second-order valence-electron chi connectivity index (χ2n) is 7.93. The number of para-hydroxylation sites is 1. The normalized spacial score (nSPS) is 17.5. The largest absolute Gasteiger partial charge is 0.351 e. The number of rotatable bonds is 7. The fourth-order valence-electron chi connectivity index (χ4n) is 4.01. The number of carbonyl (C=O) groups excluding carboxylic acids is 1. The topological polar surface area (TPSA) is 53.4 Å². The molecule has 1 saturated heterocycles. The summed E-state index contributed by atoms with van der Waals surface area (Å²) < 4.78 is 15.3. The summed E-state index contributed by atoms with van der Waals surface area (Å²) in [4.78, 5) is 17.3. The van der Waals surface area contributed by atoms with Crippen LogP contribution in [0.15, 0.2) is 66.9 Å². The Morgan fingerprint density at radius 1 is 1.10 bits per heavy atom. The highest BCUT2D eigenvalue weighted by atomic mass is 19.1. The highest BCUT2D eigenvalue weighted by Crippen LogP contribution is 2.24. The molecule has 6 nitrogen and oxygen atoms in total. The summed E-state index contributed by atoms with van der Waals surface area (Å²) in [7, 11) is 2.16. The lowest BCUT2D eigenvalue weighted by atomic mass is 10.0. The first-order valence-electron chi connectivity index (χ1n) is 10.7. The van der Waals surface area contributed by atoms with Gasteiger partial charge in [0, 0.05) is 45.0 Å². The van der Waals surface area contributed by atoms with Crippen LogP contribution in [0.2, 0.25) is 0 Å². The summed E-state index contributed by atoms with van der Waals surface area (Å²) in [5.74, 6) is -0.620. The molecule has 2 heterocycles. The highest BCUT2D eigenvalue weighted by molar-refractivity contribution is 5.92. The number of piperazine rings is 1. The summed E-state index contributed by atoms with van der Waals surface area (Å²) in [6.07, 6.45) is 2.45. The van der Waals surface area contributed by atoms with Crippen molar-refractivity contribution in [1.82, 2.24) is 24.9 Å². The summed E-state index contributed by atoms with van der Waals surface area (Å²) in [5, 5.41) is 7.15. The van der Waals surface area contributed by atoms with E-state index in [1.807, 2.05) is 6.07 Å². The van der Waals surface area contributed by atoms with E-state index in [0.717, 1.165) is 32.6 Å². The van der Waals surface area contributed by atoms with E-state index in [1.54, 1.807) is 30.5 Å². The maximum absolute atomic E-state index is 13.9. The first-order chi connectivity index (χ1) is 15.1. The van der Waals surface area contributed by atoms with Gasteiger partial charge in [-0.05, 0) is 37.2 Å². The number of hydrogen-bond donors (Lipinski definition) is 1. The molecule has 1 unspecified atom stereocenters. The van der Waals surface area contributed by atoms with Crippen molar-refractivity contribution in [3.63, 3.8) is 0 Å². The molecule has 4 rings (SSSR count). The minimum absolute atomic E-state index is 0.243. The number of halogens is 1. The number of nitrogens with zero attached hydrogens (tertiary/aromatic N) is 4. The standard InChI is InChI=1S/C24H28FN5O/c1-28-16-17-29(23(18-28)19-8-3-2-4-9-19)14-7-13-26-24(31)21-12-15-30(27-21)22-11-6-5-10-20(22)25/h2-6,8-12,15,23H,7,13-14,16-18H2,1H3,(H,26,31). The van der Waals surface area contributed by atoms with E-state index >= 15 is 0 Å². The molecule has 1 N–H and O–H groups in total. The molecule has 3 aromatic rings. The molecule has 0 bridgehead atoms. The van der Waals surface area contributed by atoms with Gasteiger partial charge in [-0.3, -0.25) is 9.69 Å². The van der Waals surface area contributed by atoms with Gasteiger partial charge in [-0.2, -0.15) is 5.10 Å². The van der Waals surface area contributed by atoms with Crippen molar-refractivity contribution in [1.29, 1.82) is 0 Å². The molecule has 0 saturated carbocycles. The number of carbonyl (C=O) groups is 1. The molecule has 162 valence electrons. The number of benzene rings is 2. The molecule has 1 aromatic heterocycles. The van der Waals surface area contributed by atoms with Crippen LogP contribution in [0.5, 0.6) is 0 Å². The monoisotopic (exact) mass is 421 g/mol. The van der Waals surface area contributed by atoms with E-state index in [9.17, 15) is 9.18 Å². The zero-order chi connectivity index (χ0) is 21.6. The predicted molar refractivity (Wildman–Crippen MR) is 119 cm³/mol. The van der Waals surface area contributed by atoms with Crippen LogP contribution < -0.4 is 5.32 Å². The molecular weight excluding hydrogens is 393 g/mol. The third-order valence-corrected chi connectivity index (χ3v) is 5.71. The minimum Gasteiger partial charge on any atom is -0.351 e. The third-order valence-electron chi connectivity index (χ3n) is 5.71. The number of nitrogens with one attached hydrogen (secondary N) is 1. The molecular formula is C24H28FN5O. The van der Waals surface area contributed by atoms with E-state index < -0.39 is 0 Å². The number of likely N-dealkylation sites (N-methyl/N-ethyl adjacent to an activating group) is 1. The van der Waals surface area contributed by atoms with Gasteiger partial charge in [-0.25, -0.2) is 9.07 Å². The Labute approximate surface area is 182 Å². The Hall–Kier alpha value is -3.03. The lowest BCUT2D eigenvalue weighted by Gasteiger charge is -2.40. The van der Waals surface area contributed by atoms with Crippen LogP contribution in [0.25, 0.3) is 5.69 Å². The average Bonchev–Trinajstić information content (AvgIpc) is 3.28. The summed E-state index contributed by atoms with van der Waals surface area (Å²) >= 11 is 0. The van der Waals surface area contributed by atoms with E-state index in [4.69, 9.17) is 0 Å². The number of aromatic nitrogens is 2. The Kier molecular flexibility index (Phi) is 6.74. The van der Waals surface area contributed by atoms with E-state index in [2.05, 4.69) is 51.5 Å². The smallest absolute Gasteiger partial charge is 0.271 e. The van der Waals surface area contributed by atoms with Gasteiger partial charge in [0.25, 0.3) is 5.91 Å². The maximum Gasteiger partial charge on any atom is 0.271 e. The van der Waals surface area contributed by atoms with Gasteiger partial charge in [0.15, 0.2) is 5.69 Å². The van der Waals surface area contributed by atoms with Crippen molar-refractivity contribution in [2.45, 2.75) is 12.5 Å². The SMILES string of the molecule is CN1CCN(CCCNC(=O)c2ccn(-c3ccccc3F)n2)C(c2ccccc2)C1. The van der Waals surface area contributed by atoms with Crippen LogP contribution >= 0.6 is 0 Å². The second-order valence-corrected chi connectivity index (χ2v) is 7.93. The molecule has 0 radical (unpaired) electrons. The van der Waals surface area contributed by atoms with Gasteiger partial charge in [-0.1, -0.05) is 42.5 Å². The highest BCUT2D eigenvalue weighted by Gasteiger charge is 2.26. The van der Waals surface area contributed by atoms with Crippen molar-refractivity contribution in [3.8, 4) is 5.69 Å². The Bertz CT molecular complexity index is 1010. The molecule has 7 heteroatoms. The molecule has 1 aliphatic heterocycles. The molecule has 0 aliphatic carbocycles. The van der Waals surface area contributed by atoms with Gasteiger partial charge in [0.05, 0.1) is 0 Å². The van der Waals surface area contributed by atoms with Gasteiger partial charge in [-0.15, -0.1) is 0 Å². The van der Waals surface area contributed by atoms with Crippen LogP contribution in [-0.4, -0.2) is 65.3 Å². The molecule has 1 amide bonds. The number of amides is 1. The van der Waals surface area contributed by atoms with Crippen LogP contribution in [0.1, 0.15) is 28.5 Å². The van der Waals surface area contributed by atoms with E-state index in [-0.39, 0.29) is 17.4 Å². The van der Waals surface area contributed by atoms with Crippen LogP contribution in [0.3, 0.4) is 0 Å². The average molecular weight is 422 g/mol. The molecule has 0 spiro atoms.